The van der Waals surface area contributed by atoms with Gasteiger partial charge in [0.25, 0.3) is 0 Å². The van der Waals surface area contributed by atoms with Crippen LogP contribution in [-0.4, -0.2) is 38.3 Å². The van der Waals surface area contributed by atoms with Crippen molar-refractivity contribution in [3.63, 3.8) is 0 Å². The fourth-order valence-corrected chi connectivity index (χ4v) is 2.40. The number of hydrogen-bond acceptors (Lipinski definition) is 4. The van der Waals surface area contributed by atoms with Crippen molar-refractivity contribution in [1.29, 1.82) is 0 Å². The molecule has 1 amide bonds. The van der Waals surface area contributed by atoms with Crippen LogP contribution in [0.4, 0.5) is 0 Å². The van der Waals surface area contributed by atoms with Crippen molar-refractivity contribution < 1.29 is 14.3 Å². The standard InChI is InChI=1S/C14H18N2O3/c17-14(10-5-6-15-7-10)16-8-11-9-18-12-3-1-2-4-13(12)19-11/h1-4,10-11,15H,5-9H2,(H,16,17). The molecule has 102 valence electrons. The SMILES string of the molecule is O=C(NCC1COc2ccccc2O1)C1CCNC1. The Balaban J connectivity index is 1.50. The third-order valence-electron chi connectivity index (χ3n) is 3.50. The fourth-order valence-electron chi connectivity index (χ4n) is 2.40. The molecular formula is C14H18N2O3. The number of amides is 1. The summed E-state index contributed by atoms with van der Waals surface area (Å²) in [6, 6.07) is 7.59. The summed E-state index contributed by atoms with van der Waals surface area (Å²) in [6.45, 7) is 2.66. The predicted molar refractivity (Wildman–Crippen MR) is 70.3 cm³/mol. The molecular weight excluding hydrogens is 244 g/mol. The molecule has 1 fully saturated rings. The zero-order valence-electron chi connectivity index (χ0n) is 10.7. The molecule has 5 nitrogen and oxygen atoms in total. The van der Waals surface area contributed by atoms with Gasteiger partial charge >= 0.3 is 0 Å². The molecule has 0 aliphatic carbocycles. The Labute approximate surface area is 112 Å². The number of para-hydroxylation sites is 2. The summed E-state index contributed by atoms with van der Waals surface area (Å²) in [4.78, 5) is 11.9. The van der Waals surface area contributed by atoms with Gasteiger partial charge in [0.05, 0.1) is 12.5 Å². The highest BCUT2D eigenvalue weighted by Gasteiger charge is 2.25. The lowest BCUT2D eigenvalue weighted by atomic mass is 10.1. The molecule has 2 aliphatic rings. The molecule has 2 heterocycles. The van der Waals surface area contributed by atoms with E-state index in [0.717, 1.165) is 31.0 Å². The van der Waals surface area contributed by atoms with Gasteiger partial charge in [0.2, 0.25) is 5.91 Å². The van der Waals surface area contributed by atoms with Crippen LogP contribution in [0.3, 0.4) is 0 Å². The highest BCUT2D eigenvalue weighted by atomic mass is 16.6. The van der Waals surface area contributed by atoms with Gasteiger partial charge in [0, 0.05) is 6.54 Å². The predicted octanol–water partition coefficient (Wildman–Crippen LogP) is 0.552. The van der Waals surface area contributed by atoms with Gasteiger partial charge in [-0.05, 0) is 25.1 Å². The third-order valence-corrected chi connectivity index (χ3v) is 3.50. The number of benzene rings is 1. The first kappa shape index (κ1) is 12.3. The van der Waals surface area contributed by atoms with Crippen molar-refractivity contribution >= 4 is 5.91 Å². The Morgan fingerprint density at radius 1 is 1.37 bits per heavy atom. The Morgan fingerprint density at radius 3 is 3.00 bits per heavy atom. The van der Waals surface area contributed by atoms with Crippen LogP contribution in [-0.2, 0) is 4.79 Å². The summed E-state index contributed by atoms with van der Waals surface area (Å²) in [6.07, 6.45) is 0.796. The minimum Gasteiger partial charge on any atom is -0.486 e. The van der Waals surface area contributed by atoms with E-state index in [1.165, 1.54) is 0 Å². The van der Waals surface area contributed by atoms with Crippen molar-refractivity contribution in [3.8, 4) is 11.5 Å². The molecule has 0 aromatic heterocycles. The van der Waals surface area contributed by atoms with Crippen molar-refractivity contribution in [3.05, 3.63) is 24.3 Å². The number of carbonyl (C=O) groups is 1. The molecule has 2 aliphatic heterocycles. The van der Waals surface area contributed by atoms with Gasteiger partial charge in [-0.1, -0.05) is 12.1 Å². The summed E-state index contributed by atoms with van der Waals surface area (Å²) in [7, 11) is 0. The molecule has 0 saturated carbocycles. The van der Waals surface area contributed by atoms with Crippen molar-refractivity contribution in [2.75, 3.05) is 26.2 Å². The Kier molecular flexibility index (Phi) is 3.55. The number of hydrogen-bond donors (Lipinski definition) is 2. The van der Waals surface area contributed by atoms with Gasteiger partial charge in [0.1, 0.15) is 12.7 Å². The fraction of sp³-hybridized carbons (Fsp3) is 0.500. The second kappa shape index (κ2) is 5.48. The summed E-state index contributed by atoms with van der Waals surface area (Å²) < 4.78 is 11.4. The maximum atomic E-state index is 11.9. The monoisotopic (exact) mass is 262 g/mol. The Morgan fingerprint density at radius 2 is 2.21 bits per heavy atom. The lowest BCUT2D eigenvalue weighted by Crippen LogP contribution is -2.43. The van der Waals surface area contributed by atoms with E-state index in [2.05, 4.69) is 10.6 Å². The maximum Gasteiger partial charge on any atom is 0.224 e. The van der Waals surface area contributed by atoms with Crippen LogP contribution in [0.2, 0.25) is 0 Å². The highest BCUT2D eigenvalue weighted by molar-refractivity contribution is 5.79. The highest BCUT2D eigenvalue weighted by Crippen LogP contribution is 2.30. The second-order valence-corrected chi connectivity index (χ2v) is 4.93. The van der Waals surface area contributed by atoms with Crippen molar-refractivity contribution in [2.24, 2.45) is 5.92 Å². The van der Waals surface area contributed by atoms with Crippen LogP contribution in [0.25, 0.3) is 0 Å². The molecule has 2 N–H and O–H groups in total. The smallest absolute Gasteiger partial charge is 0.224 e. The summed E-state index contributed by atoms with van der Waals surface area (Å²) in [5.74, 6) is 1.71. The Hall–Kier alpha value is -1.75. The molecule has 1 aromatic rings. The third kappa shape index (κ3) is 2.81. The summed E-state index contributed by atoms with van der Waals surface area (Å²) in [5, 5.41) is 6.13. The first-order valence-electron chi connectivity index (χ1n) is 6.70. The molecule has 19 heavy (non-hydrogen) atoms. The molecule has 3 rings (SSSR count). The van der Waals surface area contributed by atoms with Crippen molar-refractivity contribution in [2.45, 2.75) is 12.5 Å². The average molecular weight is 262 g/mol. The van der Waals surface area contributed by atoms with Crippen LogP contribution < -0.4 is 20.1 Å². The van der Waals surface area contributed by atoms with Gasteiger partial charge in [-0.15, -0.1) is 0 Å². The van der Waals surface area contributed by atoms with Gasteiger partial charge in [-0.25, -0.2) is 0 Å². The largest absolute Gasteiger partial charge is 0.486 e. The van der Waals surface area contributed by atoms with Crippen LogP contribution in [0.5, 0.6) is 11.5 Å². The van der Waals surface area contributed by atoms with E-state index in [1.54, 1.807) is 0 Å². The number of fused-ring (bicyclic) bond motifs is 1. The minimum atomic E-state index is -0.117. The van der Waals surface area contributed by atoms with Gasteiger partial charge in [0.15, 0.2) is 11.5 Å². The molecule has 2 unspecified atom stereocenters. The van der Waals surface area contributed by atoms with Gasteiger partial charge in [-0.2, -0.15) is 0 Å². The first-order valence-corrected chi connectivity index (χ1v) is 6.70. The van der Waals surface area contributed by atoms with E-state index in [-0.39, 0.29) is 17.9 Å². The maximum absolute atomic E-state index is 11.9. The molecule has 1 saturated heterocycles. The number of ether oxygens (including phenoxy) is 2. The molecule has 0 spiro atoms. The molecule has 1 aromatic carbocycles. The summed E-state index contributed by atoms with van der Waals surface area (Å²) >= 11 is 0. The second-order valence-electron chi connectivity index (χ2n) is 4.93. The van der Waals surface area contributed by atoms with Crippen LogP contribution >= 0.6 is 0 Å². The summed E-state index contributed by atoms with van der Waals surface area (Å²) in [5.41, 5.74) is 0. The van der Waals surface area contributed by atoms with Gasteiger partial charge in [-0.3, -0.25) is 4.79 Å². The number of carbonyl (C=O) groups excluding carboxylic acids is 1. The zero-order valence-corrected chi connectivity index (χ0v) is 10.7. The Bertz CT molecular complexity index is 458. The van der Waals surface area contributed by atoms with E-state index in [0.29, 0.717) is 13.2 Å². The topological polar surface area (TPSA) is 59.6 Å². The molecule has 0 radical (unpaired) electrons. The first-order chi connectivity index (χ1) is 9.33. The number of nitrogens with one attached hydrogen (secondary N) is 2. The van der Waals surface area contributed by atoms with E-state index in [9.17, 15) is 4.79 Å². The normalized spacial score (nSPS) is 25.1. The van der Waals surface area contributed by atoms with Gasteiger partial charge < -0.3 is 20.1 Å². The van der Waals surface area contributed by atoms with E-state index in [1.807, 2.05) is 24.3 Å². The molecule has 2 atom stereocenters. The average Bonchev–Trinajstić information content (AvgIpc) is 2.99. The lowest BCUT2D eigenvalue weighted by Gasteiger charge is -2.26. The van der Waals surface area contributed by atoms with Crippen molar-refractivity contribution in [1.82, 2.24) is 10.6 Å². The quantitative estimate of drug-likeness (QED) is 0.835. The lowest BCUT2D eigenvalue weighted by molar-refractivity contribution is -0.124. The minimum absolute atomic E-state index is 0.0943. The molecule has 5 heteroatoms. The van der Waals surface area contributed by atoms with E-state index < -0.39 is 0 Å². The van der Waals surface area contributed by atoms with Crippen LogP contribution in [0, 0.1) is 5.92 Å². The molecule has 0 bridgehead atoms. The zero-order chi connectivity index (χ0) is 13.1. The van der Waals surface area contributed by atoms with E-state index in [4.69, 9.17) is 9.47 Å². The number of rotatable bonds is 3. The van der Waals surface area contributed by atoms with Crippen LogP contribution in [0.1, 0.15) is 6.42 Å². The van der Waals surface area contributed by atoms with E-state index >= 15 is 0 Å². The van der Waals surface area contributed by atoms with Crippen LogP contribution in [0.15, 0.2) is 24.3 Å².